The number of hydrogen-bond donors (Lipinski definition) is 2. The Balaban J connectivity index is 2.02. The van der Waals surface area contributed by atoms with Crippen LogP contribution in [-0.4, -0.2) is 27.8 Å². The van der Waals surface area contributed by atoms with Crippen molar-refractivity contribution in [3.63, 3.8) is 0 Å². The van der Waals surface area contributed by atoms with Crippen molar-refractivity contribution in [2.24, 2.45) is 10.7 Å². The van der Waals surface area contributed by atoms with Gasteiger partial charge in [0.05, 0.1) is 11.9 Å². The van der Waals surface area contributed by atoms with Crippen LogP contribution < -0.4 is 16.3 Å². The van der Waals surface area contributed by atoms with E-state index in [1.54, 1.807) is 12.4 Å². The van der Waals surface area contributed by atoms with E-state index in [2.05, 4.69) is 4.98 Å². The van der Waals surface area contributed by atoms with E-state index in [0.29, 0.717) is 11.5 Å². The molecule has 0 saturated carbocycles. The molecule has 2 heterocycles. The molecule has 1 aromatic heterocycles. The Morgan fingerprint density at radius 2 is 2.09 bits per heavy atom. The Labute approximate surface area is 127 Å². The van der Waals surface area contributed by atoms with Crippen LogP contribution >= 0.6 is 0 Å². The number of pyridine rings is 1. The van der Waals surface area contributed by atoms with E-state index in [-0.39, 0.29) is 6.54 Å². The normalized spacial score (nSPS) is 19.0. The van der Waals surface area contributed by atoms with Crippen LogP contribution in [0.15, 0.2) is 53.8 Å². The molecule has 1 aliphatic heterocycles. The summed E-state index contributed by atoms with van der Waals surface area (Å²) < 4.78 is 0. The van der Waals surface area contributed by atoms with Gasteiger partial charge in [0, 0.05) is 24.4 Å². The lowest BCUT2D eigenvalue weighted by Crippen LogP contribution is -2.36. The summed E-state index contributed by atoms with van der Waals surface area (Å²) in [6, 6.07) is 10.7. The van der Waals surface area contributed by atoms with Crippen LogP contribution in [0.1, 0.15) is 12.0 Å². The number of hydroxylamine groups is 2. The van der Waals surface area contributed by atoms with Gasteiger partial charge in [-0.05, 0) is 23.4 Å². The molecule has 0 radical (unpaired) electrons. The lowest BCUT2D eigenvalue weighted by molar-refractivity contribution is -0.0424. The van der Waals surface area contributed by atoms with Crippen LogP contribution in [0, 0.1) is 0 Å². The smallest absolute Gasteiger partial charge is 0.338 e. The van der Waals surface area contributed by atoms with E-state index in [4.69, 9.17) is 10.7 Å². The van der Waals surface area contributed by atoms with Crippen LogP contribution in [0.4, 0.5) is 4.79 Å². The quantitative estimate of drug-likeness (QED) is 0.637. The largest absolute Gasteiger partial charge is 0.350 e. The van der Waals surface area contributed by atoms with Gasteiger partial charge in [-0.2, -0.15) is 0 Å². The maximum atomic E-state index is 11.0. The number of fused-ring (bicyclic) bond motifs is 1. The van der Waals surface area contributed by atoms with Crippen molar-refractivity contribution < 1.29 is 10.0 Å². The van der Waals surface area contributed by atoms with Gasteiger partial charge < -0.3 is 5.73 Å². The van der Waals surface area contributed by atoms with Crippen molar-refractivity contribution in [2.45, 2.75) is 12.0 Å². The third kappa shape index (κ3) is 2.56. The van der Waals surface area contributed by atoms with Crippen molar-refractivity contribution in [3.05, 3.63) is 64.9 Å². The van der Waals surface area contributed by atoms with Crippen LogP contribution in [0.5, 0.6) is 0 Å². The molecule has 1 atom stereocenters. The molecule has 1 aromatic carbocycles. The Bertz CT molecular complexity index is 769. The number of rotatable bonds is 4. The maximum Gasteiger partial charge on any atom is 0.338 e. The van der Waals surface area contributed by atoms with Gasteiger partial charge >= 0.3 is 6.03 Å². The number of carbonyl (C=O) groups is 1. The van der Waals surface area contributed by atoms with Gasteiger partial charge in [0.25, 0.3) is 0 Å². The van der Waals surface area contributed by atoms with Crippen LogP contribution in [0.2, 0.25) is 0 Å². The number of primary amides is 1. The van der Waals surface area contributed by atoms with Crippen LogP contribution in [0.3, 0.4) is 0 Å². The number of benzene rings is 1. The molecule has 0 spiro atoms. The minimum atomic E-state index is -0.878. The summed E-state index contributed by atoms with van der Waals surface area (Å²) in [5.41, 5.74) is 5.32. The number of urea groups is 1. The molecule has 6 heteroatoms. The first kappa shape index (κ1) is 14.2. The van der Waals surface area contributed by atoms with E-state index in [1.165, 1.54) is 0 Å². The molecule has 0 fully saturated rings. The summed E-state index contributed by atoms with van der Waals surface area (Å²) in [7, 11) is 0. The maximum absolute atomic E-state index is 11.0. The molecule has 0 aliphatic carbocycles. The summed E-state index contributed by atoms with van der Waals surface area (Å²) in [5, 5.41) is 12.0. The number of para-hydroxylation sites is 1. The number of hydrogen-bond acceptors (Lipinski definition) is 4. The number of nitrogens with two attached hydrogens (primary N) is 1. The molecule has 1 unspecified atom stereocenters. The zero-order valence-corrected chi connectivity index (χ0v) is 11.9. The summed E-state index contributed by atoms with van der Waals surface area (Å²) in [6.45, 7) is 0.0816. The molecule has 112 valence electrons. The summed E-state index contributed by atoms with van der Waals surface area (Å²) in [6.07, 6.45) is 5.89. The highest BCUT2D eigenvalue weighted by Gasteiger charge is 2.32. The SMILES string of the molecule is NC(=O)N(O)CCC1(c2cccnc2)C=c2ccccc2=N1. The van der Waals surface area contributed by atoms with Gasteiger partial charge in [0.1, 0.15) is 5.54 Å². The lowest BCUT2D eigenvalue weighted by Gasteiger charge is -2.26. The van der Waals surface area contributed by atoms with Gasteiger partial charge in [0.2, 0.25) is 0 Å². The van der Waals surface area contributed by atoms with Gasteiger partial charge in [-0.15, -0.1) is 0 Å². The second kappa shape index (κ2) is 5.57. The number of carbonyl (C=O) groups excluding carboxylic acids is 1. The molecule has 6 nitrogen and oxygen atoms in total. The number of nitrogens with zero attached hydrogens (tertiary/aromatic N) is 3. The van der Waals surface area contributed by atoms with Crippen molar-refractivity contribution in [1.29, 1.82) is 0 Å². The molecular weight excluding hydrogens is 280 g/mol. The molecular formula is C16H16N4O2. The van der Waals surface area contributed by atoms with E-state index < -0.39 is 11.6 Å². The molecule has 2 amide bonds. The highest BCUT2D eigenvalue weighted by atomic mass is 16.5. The van der Waals surface area contributed by atoms with E-state index in [0.717, 1.165) is 16.1 Å². The first-order valence-corrected chi connectivity index (χ1v) is 6.95. The zero-order chi connectivity index (χ0) is 15.6. The molecule has 3 N–H and O–H groups in total. The summed E-state index contributed by atoms with van der Waals surface area (Å²) >= 11 is 0. The Kier molecular flexibility index (Phi) is 3.60. The molecule has 1 aliphatic rings. The predicted octanol–water partition coefficient (Wildman–Crippen LogP) is 0.551. The summed E-state index contributed by atoms with van der Waals surface area (Å²) in [5.74, 6) is 0. The van der Waals surface area contributed by atoms with Crippen LogP contribution in [-0.2, 0) is 5.54 Å². The molecule has 2 aromatic rings. The first-order valence-electron chi connectivity index (χ1n) is 6.95. The Morgan fingerprint density at radius 1 is 1.27 bits per heavy atom. The third-order valence-electron chi connectivity index (χ3n) is 3.77. The highest BCUT2D eigenvalue weighted by Crippen LogP contribution is 2.32. The van der Waals surface area contributed by atoms with Gasteiger partial charge in [0.15, 0.2) is 0 Å². The minimum Gasteiger partial charge on any atom is -0.350 e. The fourth-order valence-electron chi connectivity index (χ4n) is 2.64. The monoisotopic (exact) mass is 296 g/mol. The van der Waals surface area contributed by atoms with E-state index in [1.807, 2.05) is 42.5 Å². The van der Waals surface area contributed by atoms with Crippen LogP contribution in [0.25, 0.3) is 6.08 Å². The molecule has 22 heavy (non-hydrogen) atoms. The fourth-order valence-corrected chi connectivity index (χ4v) is 2.64. The van der Waals surface area contributed by atoms with E-state index >= 15 is 0 Å². The Morgan fingerprint density at radius 3 is 2.77 bits per heavy atom. The van der Waals surface area contributed by atoms with Gasteiger partial charge in [-0.1, -0.05) is 24.3 Å². The second-order valence-electron chi connectivity index (χ2n) is 5.19. The highest BCUT2D eigenvalue weighted by molar-refractivity contribution is 5.70. The predicted molar refractivity (Wildman–Crippen MR) is 80.3 cm³/mol. The van der Waals surface area contributed by atoms with Crippen molar-refractivity contribution >= 4 is 12.1 Å². The molecule has 0 bridgehead atoms. The number of aromatic nitrogens is 1. The average Bonchev–Trinajstić information content (AvgIpc) is 2.93. The minimum absolute atomic E-state index is 0.0816. The molecule has 0 saturated heterocycles. The topological polar surface area (TPSA) is 91.8 Å². The third-order valence-corrected chi connectivity index (χ3v) is 3.77. The van der Waals surface area contributed by atoms with Crippen molar-refractivity contribution in [3.8, 4) is 0 Å². The lowest BCUT2D eigenvalue weighted by atomic mass is 9.88. The standard InChI is InChI=1S/C16H16N4O2/c17-15(21)20(22)9-7-16(13-5-3-8-18-11-13)10-12-4-1-2-6-14(12)19-16/h1-6,8,10-11,22H,7,9H2,(H2,17,21). The van der Waals surface area contributed by atoms with Crippen molar-refractivity contribution in [1.82, 2.24) is 10.0 Å². The van der Waals surface area contributed by atoms with Crippen molar-refractivity contribution in [2.75, 3.05) is 6.54 Å². The fraction of sp³-hybridized carbons (Fsp3) is 0.188. The number of amides is 2. The van der Waals surface area contributed by atoms with Gasteiger partial charge in [-0.3, -0.25) is 15.2 Å². The zero-order valence-electron chi connectivity index (χ0n) is 11.9. The average molecular weight is 296 g/mol. The van der Waals surface area contributed by atoms with E-state index in [9.17, 15) is 10.0 Å². The second-order valence-corrected chi connectivity index (χ2v) is 5.19. The summed E-state index contributed by atoms with van der Waals surface area (Å²) in [4.78, 5) is 20.0. The first-order chi connectivity index (χ1) is 10.6. The van der Waals surface area contributed by atoms with Gasteiger partial charge in [-0.25, -0.2) is 9.86 Å². The Hall–Kier alpha value is -2.73. The molecule has 3 rings (SSSR count).